The quantitative estimate of drug-likeness (QED) is 0.581. The Kier molecular flexibility index (Phi) is 4.75. The standard InChI is InChI=1S/C17H24N6O2P/c1-20-12-13-21(2)26(20,22-10-6-7-11-22)25-23-14-16(18-19-23)17(24)15-8-4-3-5-9-15/h3-5,8-9,14H,6-7,10-13H2,1-2H3/q+1. The molecule has 0 radical (unpaired) electrons. The van der Waals surface area contributed by atoms with E-state index < -0.39 is 7.94 Å². The fraction of sp³-hybridized carbons (Fsp3) is 0.471. The van der Waals surface area contributed by atoms with Gasteiger partial charge in [-0.15, -0.1) is 19.1 Å². The third-order valence-corrected chi connectivity index (χ3v) is 8.73. The second-order valence-corrected chi connectivity index (χ2v) is 9.84. The summed E-state index contributed by atoms with van der Waals surface area (Å²) in [6, 6.07) is 9.11. The molecule has 2 aromatic rings. The van der Waals surface area contributed by atoms with Crippen LogP contribution in [0.15, 0.2) is 36.5 Å². The summed E-state index contributed by atoms with van der Waals surface area (Å²) in [6.45, 7) is 3.94. The van der Waals surface area contributed by atoms with Gasteiger partial charge in [-0.25, -0.2) is 0 Å². The zero-order valence-electron chi connectivity index (χ0n) is 15.2. The first kappa shape index (κ1) is 17.5. The lowest BCUT2D eigenvalue weighted by Crippen LogP contribution is -2.40. The topological polar surface area (TPSA) is 66.7 Å². The molecule has 0 aliphatic carbocycles. The van der Waals surface area contributed by atoms with E-state index in [1.165, 1.54) is 17.7 Å². The second kappa shape index (κ2) is 7.04. The zero-order chi connectivity index (χ0) is 18.1. The highest BCUT2D eigenvalue weighted by molar-refractivity contribution is 7.64. The van der Waals surface area contributed by atoms with Gasteiger partial charge in [0, 0.05) is 32.7 Å². The van der Waals surface area contributed by atoms with E-state index in [4.69, 9.17) is 4.62 Å². The van der Waals surface area contributed by atoms with Crippen molar-refractivity contribution in [1.82, 2.24) is 29.2 Å². The van der Waals surface area contributed by atoms with Crippen molar-refractivity contribution in [3.63, 3.8) is 0 Å². The van der Waals surface area contributed by atoms with Crippen molar-refractivity contribution in [2.75, 3.05) is 40.3 Å². The normalized spacial score (nSPS) is 21.3. The molecule has 1 aromatic heterocycles. The van der Waals surface area contributed by atoms with Gasteiger partial charge in [-0.05, 0) is 22.9 Å². The maximum absolute atomic E-state index is 12.6. The van der Waals surface area contributed by atoms with Crippen LogP contribution in [0.5, 0.6) is 0 Å². The molecule has 0 saturated carbocycles. The molecule has 3 heterocycles. The molecule has 0 N–H and O–H groups in total. The molecule has 26 heavy (non-hydrogen) atoms. The van der Waals surface area contributed by atoms with Crippen LogP contribution in [0.1, 0.15) is 28.9 Å². The van der Waals surface area contributed by atoms with Crippen LogP contribution in [-0.2, 0) is 0 Å². The van der Waals surface area contributed by atoms with E-state index >= 15 is 0 Å². The maximum atomic E-state index is 12.6. The molecule has 2 saturated heterocycles. The predicted octanol–water partition coefficient (Wildman–Crippen LogP) is 1.59. The van der Waals surface area contributed by atoms with Crippen LogP contribution in [0.3, 0.4) is 0 Å². The van der Waals surface area contributed by atoms with Gasteiger partial charge in [0.05, 0.1) is 13.1 Å². The van der Waals surface area contributed by atoms with Crippen molar-refractivity contribution >= 4 is 13.7 Å². The van der Waals surface area contributed by atoms with Gasteiger partial charge in [0.1, 0.15) is 6.20 Å². The van der Waals surface area contributed by atoms with Crippen LogP contribution in [0.2, 0.25) is 0 Å². The van der Waals surface area contributed by atoms with Crippen molar-refractivity contribution in [2.45, 2.75) is 12.8 Å². The fourth-order valence-electron chi connectivity index (χ4n) is 3.62. The minimum Gasteiger partial charge on any atom is -0.287 e. The van der Waals surface area contributed by atoms with E-state index in [1.807, 2.05) is 18.2 Å². The van der Waals surface area contributed by atoms with Crippen LogP contribution >= 0.6 is 7.94 Å². The smallest absolute Gasteiger partial charge is 0.287 e. The van der Waals surface area contributed by atoms with Gasteiger partial charge in [0.15, 0.2) is 5.69 Å². The van der Waals surface area contributed by atoms with Crippen molar-refractivity contribution in [3.8, 4) is 0 Å². The van der Waals surface area contributed by atoms with E-state index in [-0.39, 0.29) is 5.78 Å². The number of hydrogen-bond donors (Lipinski definition) is 0. The Morgan fingerprint density at radius 1 is 1.04 bits per heavy atom. The molecule has 0 atom stereocenters. The first-order valence-electron chi connectivity index (χ1n) is 8.91. The third kappa shape index (κ3) is 2.93. The Morgan fingerprint density at radius 2 is 1.69 bits per heavy atom. The number of aromatic nitrogens is 3. The van der Waals surface area contributed by atoms with Gasteiger partial charge in [-0.3, -0.25) is 4.79 Å². The van der Waals surface area contributed by atoms with Gasteiger partial charge < -0.3 is 0 Å². The molecule has 2 aliphatic heterocycles. The van der Waals surface area contributed by atoms with Crippen LogP contribution < -0.4 is 4.62 Å². The van der Waals surface area contributed by atoms with E-state index in [2.05, 4.69) is 38.4 Å². The summed E-state index contributed by atoms with van der Waals surface area (Å²) in [5.74, 6) is -0.151. The molecule has 0 spiro atoms. The highest BCUT2D eigenvalue weighted by Crippen LogP contribution is 2.67. The number of ketones is 1. The maximum Gasteiger partial charge on any atom is 0.450 e. The first-order chi connectivity index (χ1) is 12.6. The summed E-state index contributed by atoms with van der Waals surface area (Å²) in [6.07, 6.45) is 3.96. The van der Waals surface area contributed by atoms with E-state index in [0.717, 1.165) is 26.2 Å². The molecule has 4 rings (SSSR count). The van der Waals surface area contributed by atoms with E-state index in [0.29, 0.717) is 11.3 Å². The van der Waals surface area contributed by atoms with Crippen molar-refractivity contribution in [1.29, 1.82) is 0 Å². The molecule has 0 amide bonds. The first-order valence-corrected chi connectivity index (χ1v) is 10.5. The average molecular weight is 375 g/mol. The minimum absolute atomic E-state index is 0.151. The Bertz CT molecular complexity index is 767. The Hall–Kier alpha value is -1.86. The molecule has 8 nitrogen and oxygen atoms in total. The molecule has 9 heteroatoms. The minimum atomic E-state index is -2.14. The Labute approximate surface area is 153 Å². The van der Waals surface area contributed by atoms with Gasteiger partial charge in [0.2, 0.25) is 5.78 Å². The number of carbonyl (C=O) groups excluding carboxylic acids is 1. The van der Waals surface area contributed by atoms with Crippen LogP contribution in [0, 0.1) is 0 Å². The van der Waals surface area contributed by atoms with Crippen molar-refractivity contribution < 1.29 is 9.42 Å². The summed E-state index contributed by atoms with van der Waals surface area (Å²) in [5, 5.41) is 8.13. The van der Waals surface area contributed by atoms with Crippen LogP contribution in [-0.4, -0.2) is 75.2 Å². The molecule has 1 aromatic carbocycles. The van der Waals surface area contributed by atoms with Crippen LogP contribution in [0.4, 0.5) is 0 Å². The fourth-order valence-corrected chi connectivity index (χ4v) is 7.17. The largest absolute Gasteiger partial charge is 0.450 e. The molecule has 0 unspecified atom stereocenters. The van der Waals surface area contributed by atoms with Crippen molar-refractivity contribution in [3.05, 3.63) is 47.8 Å². The number of rotatable bonds is 5. The monoisotopic (exact) mass is 375 g/mol. The zero-order valence-corrected chi connectivity index (χ0v) is 16.0. The van der Waals surface area contributed by atoms with Gasteiger partial charge in [-0.1, -0.05) is 30.3 Å². The van der Waals surface area contributed by atoms with Gasteiger partial charge in [-0.2, -0.15) is 4.62 Å². The molecule has 0 bridgehead atoms. The lowest BCUT2D eigenvalue weighted by Gasteiger charge is -2.33. The Balaban J connectivity index is 1.59. The number of benzene rings is 1. The predicted molar refractivity (Wildman–Crippen MR) is 99.5 cm³/mol. The highest BCUT2D eigenvalue weighted by atomic mass is 31.2. The Morgan fingerprint density at radius 3 is 2.35 bits per heavy atom. The molecule has 138 valence electrons. The van der Waals surface area contributed by atoms with Crippen molar-refractivity contribution in [2.24, 2.45) is 0 Å². The van der Waals surface area contributed by atoms with E-state index in [9.17, 15) is 4.79 Å². The number of hydrogen-bond acceptors (Lipinski definition) is 7. The number of likely N-dealkylation sites (N-methyl/N-ethyl adjacent to an activating group) is 2. The average Bonchev–Trinajstić information content (AvgIpc) is 3.40. The molecule has 2 aliphatic rings. The lowest BCUT2D eigenvalue weighted by atomic mass is 10.1. The number of carbonyl (C=O) groups is 1. The summed E-state index contributed by atoms with van der Waals surface area (Å²) >= 11 is 0. The molecular weight excluding hydrogens is 351 g/mol. The van der Waals surface area contributed by atoms with E-state index in [1.54, 1.807) is 18.3 Å². The summed E-state index contributed by atoms with van der Waals surface area (Å²) < 4.78 is 13.4. The SMILES string of the molecule is CN1CCN(C)[P+]1(On1cc(C(=O)c2ccccc2)nn1)N1CCCC1. The summed E-state index contributed by atoms with van der Waals surface area (Å²) in [4.78, 5) is 13.9. The van der Waals surface area contributed by atoms with Gasteiger partial charge in [0.25, 0.3) is 0 Å². The molecular formula is C17H24N6O2P+. The molecule has 2 fully saturated rings. The second-order valence-electron chi connectivity index (χ2n) is 6.72. The third-order valence-electron chi connectivity index (χ3n) is 5.02. The number of nitrogens with zero attached hydrogens (tertiary/aromatic N) is 6. The lowest BCUT2D eigenvalue weighted by molar-refractivity contribution is 0.103. The summed E-state index contributed by atoms with van der Waals surface area (Å²) in [7, 11) is 2.06. The van der Waals surface area contributed by atoms with Gasteiger partial charge >= 0.3 is 7.94 Å². The highest BCUT2D eigenvalue weighted by Gasteiger charge is 2.63. The summed E-state index contributed by atoms with van der Waals surface area (Å²) in [5.41, 5.74) is 0.888. The van der Waals surface area contributed by atoms with Crippen LogP contribution in [0.25, 0.3) is 0 Å².